The molecule has 0 spiro atoms. The molecule has 0 radical (unpaired) electrons. The molecule has 126 valence electrons. The number of rotatable bonds is 2. The Labute approximate surface area is 148 Å². The van der Waals surface area contributed by atoms with Crippen LogP contribution < -0.4 is 0 Å². The quantitative estimate of drug-likeness (QED) is 0.690. The molecule has 0 N–H and O–H groups in total. The van der Waals surface area contributed by atoms with Crippen LogP contribution in [0.5, 0.6) is 0 Å². The Morgan fingerprint density at radius 1 is 1.00 bits per heavy atom. The standard InChI is InChI=1S/C22H22N2O/c1-16-7-8-19-15-20(9-10-21(19)23-16)22(25)24-13-11-18(12-14-24)17-5-3-2-4-6-17/h2-10,15,18H,11-14H2,1H3. The molecule has 25 heavy (non-hydrogen) atoms. The number of carbonyl (C=O) groups excluding carboxylic acids is 1. The zero-order valence-corrected chi connectivity index (χ0v) is 14.5. The highest BCUT2D eigenvalue weighted by Crippen LogP contribution is 2.28. The molecule has 3 heteroatoms. The average molecular weight is 330 g/mol. The number of aromatic nitrogens is 1. The van der Waals surface area contributed by atoms with Crippen molar-refractivity contribution in [2.75, 3.05) is 13.1 Å². The smallest absolute Gasteiger partial charge is 0.253 e. The van der Waals surface area contributed by atoms with E-state index in [-0.39, 0.29) is 5.91 Å². The Bertz CT molecular complexity index is 896. The number of benzene rings is 2. The Morgan fingerprint density at radius 2 is 1.76 bits per heavy atom. The molecule has 2 aromatic carbocycles. The van der Waals surface area contributed by atoms with Gasteiger partial charge in [-0.1, -0.05) is 36.4 Å². The van der Waals surface area contributed by atoms with Crippen molar-refractivity contribution in [3.05, 3.63) is 77.5 Å². The van der Waals surface area contributed by atoms with Gasteiger partial charge in [-0.15, -0.1) is 0 Å². The van der Waals surface area contributed by atoms with E-state index in [9.17, 15) is 4.79 Å². The monoisotopic (exact) mass is 330 g/mol. The van der Waals surface area contributed by atoms with Gasteiger partial charge in [-0.3, -0.25) is 9.78 Å². The van der Waals surface area contributed by atoms with Gasteiger partial charge in [0.15, 0.2) is 0 Å². The second-order valence-electron chi connectivity index (χ2n) is 6.84. The van der Waals surface area contributed by atoms with Crippen LogP contribution in [0.2, 0.25) is 0 Å². The van der Waals surface area contributed by atoms with Crippen molar-refractivity contribution in [3.63, 3.8) is 0 Å². The minimum absolute atomic E-state index is 0.133. The average Bonchev–Trinajstić information content (AvgIpc) is 2.68. The largest absolute Gasteiger partial charge is 0.339 e. The van der Waals surface area contributed by atoms with Crippen LogP contribution in [0.15, 0.2) is 60.7 Å². The molecule has 4 rings (SSSR count). The fraction of sp³-hybridized carbons (Fsp3) is 0.273. The van der Waals surface area contributed by atoms with Crippen LogP contribution in [0, 0.1) is 6.92 Å². The predicted octanol–water partition coefficient (Wildman–Crippen LogP) is 4.56. The molecule has 0 atom stereocenters. The van der Waals surface area contributed by atoms with E-state index in [2.05, 4.69) is 35.3 Å². The number of likely N-dealkylation sites (tertiary alicyclic amines) is 1. The van der Waals surface area contributed by atoms with Gasteiger partial charge in [-0.25, -0.2) is 0 Å². The lowest BCUT2D eigenvalue weighted by molar-refractivity contribution is 0.0713. The molecule has 2 heterocycles. The van der Waals surface area contributed by atoms with Gasteiger partial charge in [-0.2, -0.15) is 0 Å². The van der Waals surface area contributed by atoms with Crippen LogP contribution in [-0.4, -0.2) is 28.9 Å². The molecule has 1 amide bonds. The van der Waals surface area contributed by atoms with Crippen molar-refractivity contribution < 1.29 is 4.79 Å². The molecule has 1 saturated heterocycles. The van der Waals surface area contributed by atoms with Gasteiger partial charge in [0.05, 0.1) is 5.52 Å². The summed E-state index contributed by atoms with van der Waals surface area (Å²) < 4.78 is 0. The van der Waals surface area contributed by atoms with Gasteiger partial charge < -0.3 is 4.90 Å². The van der Waals surface area contributed by atoms with E-state index >= 15 is 0 Å². The van der Waals surface area contributed by atoms with Gasteiger partial charge in [0.2, 0.25) is 0 Å². The van der Waals surface area contributed by atoms with Crippen LogP contribution >= 0.6 is 0 Å². The highest BCUT2D eigenvalue weighted by Gasteiger charge is 2.24. The molecule has 1 fully saturated rings. The van der Waals surface area contributed by atoms with E-state index in [1.807, 2.05) is 42.2 Å². The van der Waals surface area contributed by atoms with Gasteiger partial charge in [-0.05, 0) is 55.5 Å². The molecule has 1 aromatic heterocycles. The lowest BCUT2D eigenvalue weighted by atomic mass is 9.89. The summed E-state index contributed by atoms with van der Waals surface area (Å²) in [4.78, 5) is 19.4. The van der Waals surface area contributed by atoms with Crippen molar-refractivity contribution in [3.8, 4) is 0 Å². The summed E-state index contributed by atoms with van der Waals surface area (Å²) in [6.45, 7) is 3.63. The maximum Gasteiger partial charge on any atom is 0.253 e. The number of nitrogens with zero attached hydrogens (tertiary/aromatic N) is 2. The van der Waals surface area contributed by atoms with E-state index in [1.54, 1.807) is 0 Å². The van der Waals surface area contributed by atoms with Crippen LogP contribution in [-0.2, 0) is 0 Å². The van der Waals surface area contributed by atoms with Crippen LogP contribution in [0.1, 0.15) is 40.4 Å². The van der Waals surface area contributed by atoms with Gasteiger partial charge in [0, 0.05) is 29.7 Å². The summed E-state index contributed by atoms with van der Waals surface area (Å²) in [6.07, 6.45) is 2.06. The Kier molecular flexibility index (Phi) is 4.22. The van der Waals surface area contributed by atoms with Crippen LogP contribution in [0.3, 0.4) is 0 Å². The number of piperidine rings is 1. The first-order valence-electron chi connectivity index (χ1n) is 8.92. The van der Waals surface area contributed by atoms with Crippen LogP contribution in [0.25, 0.3) is 10.9 Å². The highest BCUT2D eigenvalue weighted by molar-refractivity contribution is 5.98. The summed E-state index contributed by atoms with van der Waals surface area (Å²) in [5, 5.41) is 1.02. The number of hydrogen-bond acceptors (Lipinski definition) is 2. The number of hydrogen-bond donors (Lipinski definition) is 0. The number of carbonyl (C=O) groups is 1. The van der Waals surface area contributed by atoms with Gasteiger partial charge in [0.1, 0.15) is 0 Å². The van der Waals surface area contributed by atoms with Crippen molar-refractivity contribution in [1.82, 2.24) is 9.88 Å². The fourth-order valence-electron chi connectivity index (χ4n) is 3.68. The summed E-state index contributed by atoms with van der Waals surface area (Å²) in [5.74, 6) is 0.697. The summed E-state index contributed by atoms with van der Waals surface area (Å²) >= 11 is 0. The van der Waals surface area contributed by atoms with E-state index in [1.165, 1.54) is 5.56 Å². The van der Waals surface area contributed by atoms with Crippen molar-refractivity contribution in [1.29, 1.82) is 0 Å². The van der Waals surface area contributed by atoms with Gasteiger partial charge in [0.25, 0.3) is 5.91 Å². The Balaban J connectivity index is 1.48. The third kappa shape index (κ3) is 3.27. The SMILES string of the molecule is Cc1ccc2cc(C(=O)N3CCC(c4ccccc4)CC3)ccc2n1. The van der Waals surface area contributed by atoms with E-state index < -0.39 is 0 Å². The van der Waals surface area contributed by atoms with Crippen LogP contribution in [0.4, 0.5) is 0 Å². The number of fused-ring (bicyclic) bond motifs is 1. The fourth-order valence-corrected chi connectivity index (χ4v) is 3.68. The first-order valence-corrected chi connectivity index (χ1v) is 8.92. The second-order valence-corrected chi connectivity index (χ2v) is 6.84. The second kappa shape index (κ2) is 6.67. The molecular formula is C22H22N2O. The zero-order valence-electron chi connectivity index (χ0n) is 14.5. The maximum atomic E-state index is 12.9. The first kappa shape index (κ1) is 15.8. The number of aryl methyl sites for hydroxylation is 1. The molecule has 3 nitrogen and oxygen atoms in total. The number of pyridine rings is 1. The normalized spacial score (nSPS) is 15.5. The molecule has 0 saturated carbocycles. The topological polar surface area (TPSA) is 33.2 Å². The molecule has 1 aliphatic heterocycles. The Hall–Kier alpha value is -2.68. The first-order chi connectivity index (χ1) is 12.2. The summed E-state index contributed by atoms with van der Waals surface area (Å²) in [5.41, 5.74) is 4.09. The van der Waals surface area contributed by atoms with E-state index in [0.29, 0.717) is 5.92 Å². The molecule has 0 bridgehead atoms. The summed E-state index contributed by atoms with van der Waals surface area (Å²) in [7, 11) is 0. The van der Waals surface area contributed by atoms with Crippen molar-refractivity contribution in [2.24, 2.45) is 0 Å². The van der Waals surface area contributed by atoms with E-state index in [4.69, 9.17) is 0 Å². The van der Waals surface area contributed by atoms with Crippen molar-refractivity contribution in [2.45, 2.75) is 25.7 Å². The molecule has 0 aliphatic carbocycles. The van der Waals surface area contributed by atoms with E-state index in [0.717, 1.165) is 48.1 Å². The van der Waals surface area contributed by atoms with Gasteiger partial charge >= 0.3 is 0 Å². The summed E-state index contributed by atoms with van der Waals surface area (Å²) in [6, 6.07) is 20.5. The maximum absolute atomic E-state index is 12.9. The number of amides is 1. The predicted molar refractivity (Wildman–Crippen MR) is 101 cm³/mol. The highest BCUT2D eigenvalue weighted by atomic mass is 16.2. The Morgan fingerprint density at radius 3 is 2.52 bits per heavy atom. The third-order valence-electron chi connectivity index (χ3n) is 5.13. The molecule has 3 aromatic rings. The van der Waals surface area contributed by atoms with Crippen molar-refractivity contribution >= 4 is 16.8 Å². The molecule has 0 unspecified atom stereocenters. The lowest BCUT2D eigenvalue weighted by Crippen LogP contribution is -2.37. The minimum Gasteiger partial charge on any atom is -0.339 e. The molecular weight excluding hydrogens is 308 g/mol. The lowest BCUT2D eigenvalue weighted by Gasteiger charge is -2.32. The zero-order chi connectivity index (χ0) is 17.2. The third-order valence-corrected chi connectivity index (χ3v) is 5.13. The minimum atomic E-state index is 0.133. The molecule has 1 aliphatic rings.